The zero-order chi connectivity index (χ0) is 15.4. The number of nitro benzene ring substituents is 1. The summed E-state index contributed by atoms with van der Waals surface area (Å²) in [7, 11) is 0. The Morgan fingerprint density at radius 2 is 2.05 bits per heavy atom. The van der Waals surface area contributed by atoms with Crippen molar-refractivity contribution in [3.05, 3.63) is 73.2 Å². The highest BCUT2D eigenvalue weighted by Crippen LogP contribution is 2.25. The maximum absolute atomic E-state index is 10.7. The van der Waals surface area contributed by atoms with Crippen molar-refractivity contribution in [1.82, 2.24) is 5.32 Å². The SMILES string of the molecule is C[C@@H](NCc1ccc([N+](=O)[O-])cc1Br)c1ccccc1Cl. The summed E-state index contributed by atoms with van der Waals surface area (Å²) in [5, 5.41) is 14.8. The number of hydrogen-bond acceptors (Lipinski definition) is 3. The highest BCUT2D eigenvalue weighted by Gasteiger charge is 2.12. The minimum atomic E-state index is -0.408. The highest BCUT2D eigenvalue weighted by atomic mass is 79.9. The summed E-state index contributed by atoms with van der Waals surface area (Å²) in [5.41, 5.74) is 2.06. The van der Waals surface area contributed by atoms with E-state index in [1.165, 1.54) is 12.1 Å². The van der Waals surface area contributed by atoms with Gasteiger partial charge in [0.2, 0.25) is 0 Å². The Labute approximate surface area is 136 Å². The van der Waals surface area contributed by atoms with Gasteiger partial charge >= 0.3 is 0 Å². The van der Waals surface area contributed by atoms with E-state index in [0.29, 0.717) is 6.54 Å². The molecule has 0 spiro atoms. The first-order valence-electron chi connectivity index (χ1n) is 6.39. The van der Waals surface area contributed by atoms with Crippen LogP contribution in [0, 0.1) is 10.1 Å². The second kappa shape index (κ2) is 7.02. The Bertz CT molecular complexity index is 664. The van der Waals surface area contributed by atoms with Gasteiger partial charge in [-0.15, -0.1) is 0 Å². The average Bonchev–Trinajstić information content (AvgIpc) is 2.46. The molecule has 0 unspecified atom stereocenters. The van der Waals surface area contributed by atoms with Gasteiger partial charge in [-0.25, -0.2) is 0 Å². The van der Waals surface area contributed by atoms with Gasteiger partial charge in [0.25, 0.3) is 5.69 Å². The van der Waals surface area contributed by atoms with Gasteiger partial charge in [-0.05, 0) is 30.2 Å². The Balaban J connectivity index is 2.06. The second-order valence-electron chi connectivity index (χ2n) is 4.66. The van der Waals surface area contributed by atoms with Crippen LogP contribution in [0.3, 0.4) is 0 Å². The summed E-state index contributed by atoms with van der Waals surface area (Å²) < 4.78 is 0.718. The molecule has 6 heteroatoms. The van der Waals surface area contributed by atoms with Gasteiger partial charge in [-0.3, -0.25) is 10.1 Å². The third-order valence-corrected chi connectivity index (χ3v) is 4.30. The van der Waals surface area contributed by atoms with E-state index in [2.05, 4.69) is 21.2 Å². The van der Waals surface area contributed by atoms with Crippen molar-refractivity contribution >= 4 is 33.2 Å². The van der Waals surface area contributed by atoms with Crippen molar-refractivity contribution in [2.45, 2.75) is 19.5 Å². The van der Waals surface area contributed by atoms with Crippen LogP contribution in [-0.2, 0) is 6.54 Å². The van der Waals surface area contributed by atoms with E-state index in [0.717, 1.165) is 20.6 Å². The molecule has 0 saturated heterocycles. The summed E-state index contributed by atoms with van der Waals surface area (Å²) in [6.45, 7) is 2.62. The van der Waals surface area contributed by atoms with Crippen LogP contribution in [0.4, 0.5) is 5.69 Å². The molecule has 0 heterocycles. The molecular formula is C15H14BrClN2O2. The standard InChI is InChI=1S/C15H14BrClN2O2/c1-10(13-4-2-3-5-15(13)17)18-9-11-6-7-12(19(20)21)8-14(11)16/h2-8,10,18H,9H2,1H3/t10-/m1/s1. The largest absolute Gasteiger partial charge is 0.306 e. The molecule has 0 fully saturated rings. The number of halogens is 2. The fourth-order valence-corrected chi connectivity index (χ4v) is 2.80. The van der Waals surface area contributed by atoms with Crippen molar-refractivity contribution < 1.29 is 4.92 Å². The summed E-state index contributed by atoms with van der Waals surface area (Å²) in [4.78, 5) is 10.3. The van der Waals surface area contributed by atoms with Crippen molar-refractivity contribution in [3.63, 3.8) is 0 Å². The van der Waals surface area contributed by atoms with Gasteiger partial charge < -0.3 is 5.32 Å². The van der Waals surface area contributed by atoms with Crippen LogP contribution in [0.1, 0.15) is 24.1 Å². The number of nitrogens with zero attached hydrogens (tertiary/aromatic N) is 1. The van der Waals surface area contributed by atoms with E-state index in [1.807, 2.05) is 31.2 Å². The summed E-state index contributed by atoms with van der Waals surface area (Å²) in [5.74, 6) is 0. The molecule has 0 radical (unpaired) electrons. The van der Waals surface area contributed by atoms with Crippen LogP contribution in [-0.4, -0.2) is 4.92 Å². The predicted octanol–water partition coefficient (Wildman–Crippen LogP) is 4.86. The van der Waals surface area contributed by atoms with Gasteiger partial charge in [-0.2, -0.15) is 0 Å². The zero-order valence-corrected chi connectivity index (χ0v) is 13.7. The molecule has 1 N–H and O–H groups in total. The molecule has 0 aliphatic rings. The summed E-state index contributed by atoms with van der Waals surface area (Å²) in [6, 6.07) is 12.5. The first-order chi connectivity index (χ1) is 9.99. The average molecular weight is 370 g/mol. The molecule has 2 rings (SSSR count). The molecular weight excluding hydrogens is 356 g/mol. The fraction of sp³-hybridized carbons (Fsp3) is 0.200. The van der Waals surface area contributed by atoms with Crippen LogP contribution < -0.4 is 5.32 Å². The minimum absolute atomic E-state index is 0.0739. The molecule has 1 atom stereocenters. The molecule has 0 aromatic heterocycles. The van der Waals surface area contributed by atoms with Gasteiger partial charge in [0.1, 0.15) is 0 Å². The number of nitrogens with one attached hydrogen (secondary N) is 1. The molecule has 0 amide bonds. The van der Waals surface area contributed by atoms with E-state index < -0.39 is 4.92 Å². The van der Waals surface area contributed by atoms with E-state index in [9.17, 15) is 10.1 Å². The predicted molar refractivity (Wildman–Crippen MR) is 87.5 cm³/mol. The van der Waals surface area contributed by atoms with E-state index in [-0.39, 0.29) is 11.7 Å². The lowest BCUT2D eigenvalue weighted by Crippen LogP contribution is -2.18. The topological polar surface area (TPSA) is 55.2 Å². The molecule has 21 heavy (non-hydrogen) atoms. The van der Waals surface area contributed by atoms with E-state index in [1.54, 1.807) is 6.07 Å². The molecule has 0 aliphatic carbocycles. The number of nitro groups is 1. The van der Waals surface area contributed by atoms with Gasteiger partial charge in [0.15, 0.2) is 0 Å². The maximum Gasteiger partial charge on any atom is 0.270 e. The smallest absolute Gasteiger partial charge is 0.270 e. The Morgan fingerprint density at radius 1 is 1.33 bits per heavy atom. The third kappa shape index (κ3) is 4.03. The van der Waals surface area contributed by atoms with E-state index >= 15 is 0 Å². The fourth-order valence-electron chi connectivity index (χ4n) is 1.99. The lowest BCUT2D eigenvalue weighted by molar-refractivity contribution is -0.384. The third-order valence-electron chi connectivity index (χ3n) is 3.22. The molecule has 0 bridgehead atoms. The van der Waals surface area contributed by atoms with Gasteiger partial charge in [0, 0.05) is 34.2 Å². The molecule has 2 aromatic carbocycles. The number of hydrogen-bond donors (Lipinski definition) is 1. The second-order valence-corrected chi connectivity index (χ2v) is 5.92. The van der Waals surface area contributed by atoms with Crippen LogP contribution in [0.2, 0.25) is 5.02 Å². The van der Waals surface area contributed by atoms with E-state index in [4.69, 9.17) is 11.6 Å². The monoisotopic (exact) mass is 368 g/mol. The first-order valence-corrected chi connectivity index (χ1v) is 7.56. The number of benzene rings is 2. The van der Waals surface area contributed by atoms with Crippen LogP contribution >= 0.6 is 27.5 Å². The lowest BCUT2D eigenvalue weighted by atomic mass is 10.1. The molecule has 4 nitrogen and oxygen atoms in total. The number of rotatable bonds is 5. The maximum atomic E-state index is 10.7. The van der Waals surface area contributed by atoms with Gasteiger partial charge in [0.05, 0.1) is 4.92 Å². The van der Waals surface area contributed by atoms with Crippen molar-refractivity contribution in [2.75, 3.05) is 0 Å². The summed E-state index contributed by atoms with van der Waals surface area (Å²) in [6.07, 6.45) is 0. The Morgan fingerprint density at radius 3 is 2.67 bits per heavy atom. The van der Waals surface area contributed by atoms with Crippen LogP contribution in [0.15, 0.2) is 46.9 Å². The van der Waals surface area contributed by atoms with Crippen molar-refractivity contribution in [2.24, 2.45) is 0 Å². The minimum Gasteiger partial charge on any atom is -0.306 e. The molecule has 0 aliphatic heterocycles. The van der Waals surface area contributed by atoms with Crippen molar-refractivity contribution in [1.29, 1.82) is 0 Å². The molecule has 2 aromatic rings. The zero-order valence-electron chi connectivity index (χ0n) is 11.3. The first kappa shape index (κ1) is 15.9. The highest BCUT2D eigenvalue weighted by molar-refractivity contribution is 9.10. The summed E-state index contributed by atoms with van der Waals surface area (Å²) >= 11 is 9.53. The lowest BCUT2D eigenvalue weighted by Gasteiger charge is -2.16. The van der Waals surface area contributed by atoms with Crippen molar-refractivity contribution in [3.8, 4) is 0 Å². The Kier molecular flexibility index (Phi) is 5.33. The Hall–Kier alpha value is -1.43. The van der Waals surface area contributed by atoms with Gasteiger partial charge in [-0.1, -0.05) is 45.7 Å². The quantitative estimate of drug-likeness (QED) is 0.605. The number of non-ortho nitro benzene ring substituents is 1. The normalized spacial score (nSPS) is 12.1. The van der Waals surface area contributed by atoms with Crippen LogP contribution in [0.25, 0.3) is 0 Å². The molecule has 110 valence electrons. The molecule has 0 saturated carbocycles. The van der Waals surface area contributed by atoms with Crippen LogP contribution in [0.5, 0.6) is 0 Å².